The number of rotatable bonds is 7. The Balaban J connectivity index is 1.57. The number of hydrogen-bond acceptors (Lipinski definition) is 7. The van der Waals surface area contributed by atoms with Gasteiger partial charge in [-0.3, -0.25) is 9.36 Å². The average Bonchev–Trinajstić information content (AvgIpc) is 3.40. The fraction of sp³-hybridized carbons (Fsp3) is 0.208. The number of tetrazole rings is 1. The first-order valence-corrected chi connectivity index (χ1v) is 11.5. The van der Waals surface area contributed by atoms with E-state index < -0.39 is 0 Å². The quantitative estimate of drug-likeness (QED) is 0.404. The van der Waals surface area contributed by atoms with E-state index in [-0.39, 0.29) is 11.7 Å². The third-order valence-electron chi connectivity index (χ3n) is 5.43. The highest BCUT2D eigenvalue weighted by atomic mass is 32.2. The fourth-order valence-electron chi connectivity index (χ4n) is 3.60. The van der Waals surface area contributed by atoms with Crippen molar-refractivity contribution in [3.63, 3.8) is 0 Å². The molecule has 4 aromatic rings. The SMILES string of the molecule is COc1ccc(-n2c(C)c(C)c(C#N)c2NC(=O)CSc2nnnn2-c2cccc(C)c2)cc1. The van der Waals surface area contributed by atoms with Gasteiger partial charge in [-0.15, -0.1) is 5.10 Å². The second-order valence-electron chi connectivity index (χ2n) is 7.63. The molecule has 2 aromatic heterocycles. The molecule has 2 heterocycles. The highest BCUT2D eigenvalue weighted by molar-refractivity contribution is 7.99. The Hall–Kier alpha value is -4.10. The molecule has 0 unspecified atom stereocenters. The van der Waals surface area contributed by atoms with Crippen molar-refractivity contribution in [3.8, 4) is 23.2 Å². The second kappa shape index (κ2) is 9.80. The van der Waals surface area contributed by atoms with Gasteiger partial charge in [0.15, 0.2) is 0 Å². The maximum atomic E-state index is 12.9. The summed E-state index contributed by atoms with van der Waals surface area (Å²) in [5.74, 6) is 0.960. The molecule has 10 heteroatoms. The van der Waals surface area contributed by atoms with Crippen LogP contribution in [0.15, 0.2) is 53.7 Å². The Labute approximate surface area is 201 Å². The molecule has 9 nitrogen and oxygen atoms in total. The van der Waals surface area contributed by atoms with Crippen molar-refractivity contribution < 1.29 is 9.53 Å². The van der Waals surface area contributed by atoms with E-state index in [2.05, 4.69) is 26.9 Å². The molecule has 0 fully saturated rings. The number of carbonyl (C=O) groups excluding carboxylic acids is 1. The topological polar surface area (TPSA) is 111 Å². The van der Waals surface area contributed by atoms with Crippen molar-refractivity contribution >= 4 is 23.5 Å². The van der Waals surface area contributed by atoms with Gasteiger partial charge in [0.2, 0.25) is 11.1 Å². The van der Waals surface area contributed by atoms with Crippen molar-refractivity contribution in [1.82, 2.24) is 24.8 Å². The van der Waals surface area contributed by atoms with Gasteiger partial charge in [0.1, 0.15) is 17.6 Å². The summed E-state index contributed by atoms with van der Waals surface area (Å²) in [6.45, 7) is 5.78. The van der Waals surface area contributed by atoms with Crippen LogP contribution in [0.1, 0.15) is 22.4 Å². The van der Waals surface area contributed by atoms with Crippen LogP contribution >= 0.6 is 11.8 Å². The fourth-order valence-corrected chi connectivity index (χ4v) is 4.29. The third-order valence-corrected chi connectivity index (χ3v) is 6.35. The number of aromatic nitrogens is 5. The van der Waals surface area contributed by atoms with Crippen molar-refractivity contribution in [2.45, 2.75) is 25.9 Å². The molecule has 0 atom stereocenters. The predicted octanol–water partition coefficient (Wildman–Crippen LogP) is 3.99. The van der Waals surface area contributed by atoms with E-state index in [9.17, 15) is 10.1 Å². The van der Waals surface area contributed by atoms with E-state index in [0.717, 1.165) is 33.9 Å². The first-order valence-electron chi connectivity index (χ1n) is 10.5. The van der Waals surface area contributed by atoms with E-state index >= 15 is 0 Å². The summed E-state index contributed by atoms with van der Waals surface area (Å²) in [4.78, 5) is 12.9. The molecule has 0 saturated carbocycles. The lowest BCUT2D eigenvalue weighted by atomic mass is 10.2. The summed E-state index contributed by atoms with van der Waals surface area (Å²) in [6, 6.07) is 17.4. The molecular formula is C24H23N7O2S. The first-order chi connectivity index (χ1) is 16.4. The monoisotopic (exact) mass is 473 g/mol. The Bertz CT molecular complexity index is 1380. The maximum absolute atomic E-state index is 12.9. The zero-order valence-electron chi connectivity index (χ0n) is 19.2. The number of ether oxygens (including phenoxy) is 1. The standard InChI is InChI=1S/C24H23N7O2S/c1-15-6-5-7-19(12-15)31-24(27-28-29-31)34-14-22(32)26-23-21(13-25)16(2)17(3)30(23)18-8-10-20(33-4)11-9-18/h5-12H,14H2,1-4H3,(H,26,32). The zero-order chi connectivity index (χ0) is 24.2. The second-order valence-corrected chi connectivity index (χ2v) is 8.57. The number of aryl methyl sites for hydroxylation is 1. The molecular weight excluding hydrogens is 450 g/mol. The number of anilines is 1. The number of thioether (sulfide) groups is 1. The van der Waals surface area contributed by atoms with Gasteiger partial charge in [-0.25, -0.2) is 0 Å². The minimum Gasteiger partial charge on any atom is -0.497 e. The van der Waals surface area contributed by atoms with E-state index in [1.54, 1.807) is 11.8 Å². The van der Waals surface area contributed by atoms with Crippen molar-refractivity contribution in [3.05, 3.63) is 70.9 Å². The van der Waals surface area contributed by atoms with E-state index in [0.29, 0.717) is 16.5 Å². The van der Waals surface area contributed by atoms with Gasteiger partial charge in [0.25, 0.3) is 0 Å². The molecule has 0 aliphatic rings. The van der Waals surface area contributed by atoms with Gasteiger partial charge in [0, 0.05) is 11.4 Å². The number of carbonyl (C=O) groups is 1. The van der Waals surface area contributed by atoms with Gasteiger partial charge in [0.05, 0.1) is 24.1 Å². The summed E-state index contributed by atoms with van der Waals surface area (Å²) in [6.07, 6.45) is 0. The number of nitriles is 1. The molecule has 34 heavy (non-hydrogen) atoms. The number of benzene rings is 2. The van der Waals surface area contributed by atoms with Crippen LogP contribution in [-0.2, 0) is 4.79 Å². The van der Waals surface area contributed by atoms with Gasteiger partial charge in [-0.1, -0.05) is 23.9 Å². The largest absolute Gasteiger partial charge is 0.497 e. The lowest BCUT2D eigenvalue weighted by molar-refractivity contribution is -0.113. The molecule has 0 radical (unpaired) electrons. The minimum absolute atomic E-state index is 0.0724. The molecule has 4 rings (SSSR count). The maximum Gasteiger partial charge on any atom is 0.236 e. The Morgan fingerprint density at radius 1 is 1.15 bits per heavy atom. The number of nitrogens with one attached hydrogen (secondary N) is 1. The van der Waals surface area contributed by atoms with Gasteiger partial charge < -0.3 is 10.1 Å². The number of nitrogens with zero attached hydrogens (tertiary/aromatic N) is 6. The molecule has 0 spiro atoms. The minimum atomic E-state index is -0.271. The molecule has 0 aliphatic heterocycles. The number of methoxy groups -OCH3 is 1. The van der Waals surface area contributed by atoms with Crippen molar-refractivity contribution in [1.29, 1.82) is 5.26 Å². The van der Waals surface area contributed by atoms with Crippen LogP contribution in [-0.4, -0.2) is 43.5 Å². The van der Waals surface area contributed by atoms with Gasteiger partial charge in [-0.2, -0.15) is 9.94 Å². The Morgan fingerprint density at radius 2 is 1.91 bits per heavy atom. The summed E-state index contributed by atoms with van der Waals surface area (Å²) < 4.78 is 8.71. The van der Waals surface area contributed by atoms with Crippen molar-refractivity contribution in [2.24, 2.45) is 0 Å². The molecule has 1 N–H and O–H groups in total. The van der Waals surface area contributed by atoms with Crippen LogP contribution in [0.5, 0.6) is 5.75 Å². The van der Waals surface area contributed by atoms with Gasteiger partial charge >= 0.3 is 0 Å². The number of amides is 1. The Morgan fingerprint density at radius 3 is 2.59 bits per heavy atom. The molecule has 1 amide bonds. The Kier molecular flexibility index (Phi) is 6.65. The van der Waals surface area contributed by atoms with Crippen LogP contribution in [0, 0.1) is 32.1 Å². The lowest BCUT2D eigenvalue weighted by Crippen LogP contribution is -2.18. The van der Waals surface area contributed by atoms with Crippen molar-refractivity contribution in [2.75, 3.05) is 18.2 Å². The van der Waals surface area contributed by atoms with Crippen LogP contribution in [0.2, 0.25) is 0 Å². The lowest BCUT2D eigenvalue weighted by Gasteiger charge is -2.13. The molecule has 2 aromatic carbocycles. The smallest absolute Gasteiger partial charge is 0.236 e. The third kappa shape index (κ3) is 4.51. The van der Waals surface area contributed by atoms with Crippen LogP contribution in [0.25, 0.3) is 11.4 Å². The highest BCUT2D eigenvalue weighted by Crippen LogP contribution is 2.31. The van der Waals surface area contributed by atoms with Crippen LogP contribution < -0.4 is 10.1 Å². The normalized spacial score (nSPS) is 10.7. The summed E-state index contributed by atoms with van der Waals surface area (Å²) in [5.41, 5.74) is 4.82. The molecule has 0 aliphatic carbocycles. The number of hydrogen-bond donors (Lipinski definition) is 1. The van der Waals surface area contributed by atoms with E-state index in [4.69, 9.17) is 4.74 Å². The summed E-state index contributed by atoms with van der Waals surface area (Å²) >= 11 is 1.22. The van der Waals surface area contributed by atoms with Crippen LogP contribution in [0.3, 0.4) is 0 Å². The summed E-state index contributed by atoms with van der Waals surface area (Å²) in [7, 11) is 1.60. The predicted molar refractivity (Wildman–Crippen MR) is 130 cm³/mol. The zero-order valence-corrected chi connectivity index (χ0v) is 20.1. The van der Waals surface area contributed by atoms with E-state index in [1.165, 1.54) is 11.8 Å². The van der Waals surface area contributed by atoms with E-state index in [1.807, 2.05) is 73.9 Å². The van der Waals surface area contributed by atoms with Gasteiger partial charge in [-0.05, 0) is 78.7 Å². The van der Waals surface area contributed by atoms with Crippen LogP contribution in [0.4, 0.5) is 5.82 Å². The molecule has 0 saturated heterocycles. The average molecular weight is 474 g/mol. The highest BCUT2D eigenvalue weighted by Gasteiger charge is 2.21. The molecule has 0 bridgehead atoms. The summed E-state index contributed by atoms with van der Waals surface area (Å²) in [5, 5.41) is 25.0. The molecule has 172 valence electrons. The first kappa shape index (κ1) is 23.1.